The number of aliphatic hydroxyl groups is 1. The van der Waals surface area contributed by atoms with Crippen LogP contribution in [0.2, 0.25) is 0 Å². The molecule has 4 nitrogen and oxygen atoms in total. The van der Waals surface area contributed by atoms with E-state index in [1.54, 1.807) is 0 Å². The number of aliphatic hydroxyl groups excluding tert-OH is 1. The summed E-state index contributed by atoms with van der Waals surface area (Å²) >= 11 is 0. The van der Waals surface area contributed by atoms with Crippen molar-refractivity contribution < 1.29 is 19.4 Å². The van der Waals surface area contributed by atoms with E-state index in [9.17, 15) is 9.90 Å². The van der Waals surface area contributed by atoms with Gasteiger partial charge >= 0.3 is 5.97 Å². The normalized spacial score (nSPS) is 45.5. The van der Waals surface area contributed by atoms with E-state index in [0.717, 1.165) is 0 Å². The Hall–Kier alpha value is -0.870. The van der Waals surface area contributed by atoms with Crippen LogP contribution in [0.25, 0.3) is 0 Å². The van der Waals surface area contributed by atoms with Crippen LogP contribution in [0.15, 0.2) is 12.2 Å². The fourth-order valence-electron chi connectivity index (χ4n) is 2.26. The summed E-state index contributed by atoms with van der Waals surface area (Å²) in [5, 5.41) is 9.77. The number of fused-ring (bicyclic) bond motifs is 1. The molecule has 0 amide bonds. The van der Waals surface area contributed by atoms with Crippen LogP contribution < -0.4 is 0 Å². The summed E-state index contributed by atoms with van der Waals surface area (Å²) in [5.41, 5.74) is 0. The van der Waals surface area contributed by atoms with Crippen molar-refractivity contribution in [2.24, 2.45) is 5.92 Å². The van der Waals surface area contributed by atoms with Crippen LogP contribution >= 0.6 is 0 Å². The van der Waals surface area contributed by atoms with Crippen LogP contribution in [0, 0.1) is 5.92 Å². The monoisotopic (exact) mass is 212 g/mol. The van der Waals surface area contributed by atoms with Crippen molar-refractivity contribution in [2.45, 2.75) is 44.7 Å². The van der Waals surface area contributed by atoms with Crippen molar-refractivity contribution in [1.29, 1.82) is 0 Å². The zero-order chi connectivity index (χ0) is 11.0. The molecule has 4 heteroatoms. The van der Waals surface area contributed by atoms with Gasteiger partial charge in [0, 0.05) is 0 Å². The van der Waals surface area contributed by atoms with Gasteiger partial charge in [0.05, 0.1) is 12.0 Å². The van der Waals surface area contributed by atoms with Crippen molar-refractivity contribution in [1.82, 2.24) is 0 Å². The molecule has 2 aliphatic rings. The molecule has 0 saturated carbocycles. The van der Waals surface area contributed by atoms with Gasteiger partial charge in [0.2, 0.25) is 0 Å². The van der Waals surface area contributed by atoms with Gasteiger partial charge in [-0.2, -0.15) is 0 Å². The lowest BCUT2D eigenvalue weighted by atomic mass is 9.89. The van der Waals surface area contributed by atoms with Gasteiger partial charge in [0.15, 0.2) is 0 Å². The number of ether oxygens (including phenoxy) is 2. The molecule has 5 unspecified atom stereocenters. The van der Waals surface area contributed by atoms with E-state index in [1.165, 1.54) is 0 Å². The third kappa shape index (κ3) is 1.79. The third-order valence-corrected chi connectivity index (χ3v) is 3.04. The molecular formula is C11H16O4. The Morgan fingerprint density at radius 3 is 2.93 bits per heavy atom. The van der Waals surface area contributed by atoms with Crippen LogP contribution in [-0.4, -0.2) is 35.5 Å². The maximum absolute atomic E-state index is 11.4. The molecule has 15 heavy (non-hydrogen) atoms. The molecule has 0 bridgehead atoms. The van der Waals surface area contributed by atoms with Gasteiger partial charge in [-0.25, -0.2) is 0 Å². The lowest BCUT2D eigenvalue weighted by Gasteiger charge is -2.33. The molecule has 0 aliphatic carbocycles. The second-order valence-corrected chi connectivity index (χ2v) is 4.14. The van der Waals surface area contributed by atoms with E-state index in [0.29, 0.717) is 6.42 Å². The number of cyclic esters (lactones) is 1. The summed E-state index contributed by atoms with van der Waals surface area (Å²) in [6, 6.07) is 0. The van der Waals surface area contributed by atoms with Crippen LogP contribution in [0.5, 0.6) is 0 Å². The second kappa shape index (κ2) is 3.94. The van der Waals surface area contributed by atoms with Gasteiger partial charge < -0.3 is 14.6 Å². The van der Waals surface area contributed by atoms with Gasteiger partial charge in [-0.05, 0) is 20.3 Å². The molecule has 1 N–H and O–H groups in total. The molecule has 2 rings (SSSR count). The molecular weight excluding hydrogens is 196 g/mol. The predicted octanol–water partition coefficient (Wildman–Crippen LogP) is 0.642. The first-order valence-corrected chi connectivity index (χ1v) is 5.30. The van der Waals surface area contributed by atoms with Crippen LogP contribution in [-0.2, 0) is 14.3 Å². The maximum Gasteiger partial charge on any atom is 0.312 e. The standard InChI is InChI=1S/C11H16O4/c1-3-4-9-8(12)5-7-10(15-9)6(2)14-11(7)13/h3-4,6-10,12H,5H2,1-2H3. The second-order valence-electron chi connectivity index (χ2n) is 4.14. The Morgan fingerprint density at radius 1 is 1.53 bits per heavy atom. The summed E-state index contributed by atoms with van der Waals surface area (Å²) in [7, 11) is 0. The molecule has 0 aromatic carbocycles. The first kappa shape index (κ1) is 10.6. The average Bonchev–Trinajstić information content (AvgIpc) is 2.44. The molecule has 0 spiro atoms. The fourth-order valence-corrected chi connectivity index (χ4v) is 2.26. The molecule has 2 aliphatic heterocycles. The van der Waals surface area contributed by atoms with Gasteiger partial charge in [-0.3, -0.25) is 4.79 Å². The summed E-state index contributed by atoms with van der Waals surface area (Å²) in [6.07, 6.45) is 2.76. The first-order chi connectivity index (χ1) is 7.13. The highest BCUT2D eigenvalue weighted by Gasteiger charge is 2.49. The molecule has 0 aromatic heterocycles. The Bertz CT molecular complexity index is 286. The minimum absolute atomic E-state index is 0.206. The summed E-state index contributed by atoms with van der Waals surface area (Å²) in [5.74, 6) is -0.540. The molecule has 84 valence electrons. The predicted molar refractivity (Wildman–Crippen MR) is 53.1 cm³/mol. The van der Waals surface area contributed by atoms with Crippen LogP contribution in [0.4, 0.5) is 0 Å². The lowest BCUT2D eigenvalue weighted by molar-refractivity contribution is -0.146. The van der Waals surface area contributed by atoms with Gasteiger partial charge in [-0.15, -0.1) is 0 Å². The molecule has 0 radical (unpaired) electrons. The number of allylic oxidation sites excluding steroid dienone is 1. The zero-order valence-electron chi connectivity index (χ0n) is 8.92. The maximum atomic E-state index is 11.4. The van der Waals surface area contributed by atoms with Crippen molar-refractivity contribution in [3.63, 3.8) is 0 Å². The minimum atomic E-state index is -0.611. The topological polar surface area (TPSA) is 55.8 Å². The van der Waals surface area contributed by atoms with Gasteiger partial charge in [-0.1, -0.05) is 12.2 Å². The highest BCUT2D eigenvalue weighted by molar-refractivity contribution is 5.76. The molecule has 0 aromatic rings. The summed E-state index contributed by atoms with van der Waals surface area (Å²) < 4.78 is 10.7. The quantitative estimate of drug-likeness (QED) is 0.512. The SMILES string of the molecule is CC=CC1OC2C(C)OC(=O)C2CC1O. The number of carbonyl (C=O) groups is 1. The van der Waals surface area contributed by atoms with Crippen molar-refractivity contribution in [2.75, 3.05) is 0 Å². The Kier molecular flexibility index (Phi) is 2.80. The highest BCUT2D eigenvalue weighted by atomic mass is 16.6. The molecule has 2 saturated heterocycles. The molecule has 5 atom stereocenters. The van der Waals surface area contributed by atoms with Crippen LogP contribution in [0.1, 0.15) is 20.3 Å². The number of hydrogen-bond donors (Lipinski definition) is 1. The number of rotatable bonds is 1. The summed E-state index contributed by atoms with van der Waals surface area (Å²) in [6.45, 7) is 3.70. The Labute approximate surface area is 88.9 Å². The Morgan fingerprint density at radius 2 is 2.27 bits per heavy atom. The van der Waals surface area contributed by atoms with E-state index in [-0.39, 0.29) is 30.2 Å². The smallest absolute Gasteiger partial charge is 0.312 e. The largest absolute Gasteiger partial charge is 0.460 e. The van der Waals surface area contributed by atoms with Crippen LogP contribution in [0.3, 0.4) is 0 Å². The lowest BCUT2D eigenvalue weighted by Crippen LogP contribution is -2.45. The van der Waals surface area contributed by atoms with E-state index in [1.807, 2.05) is 26.0 Å². The van der Waals surface area contributed by atoms with E-state index < -0.39 is 6.10 Å². The van der Waals surface area contributed by atoms with Crippen molar-refractivity contribution in [3.8, 4) is 0 Å². The summed E-state index contributed by atoms with van der Waals surface area (Å²) in [4.78, 5) is 11.4. The fraction of sp³-hybridized carbons (Fsp3) is 0.727. The van der Waals surface area contributed by atoms with Crippen molar-refractivity contribution in [3.05, 3.63) is 12.2 Å². The number of esters is 1. The highest BCUT2D eigenvalue weighted by Crippen LogP contribution is 2.35. The van der Waals surface area contributed by atoms with E-state index in [2.05, 4.69) is 0 Å². The minimum Gasteiger partial charge on any atom is -0.460 e. The Balaban J connectivity index is 2.13. The van der Waals surface area contributed by atoms with Crippen molar-refractivity contribution >= 4 is 5.97 Å². The van der Waals surface area contributed by atoms with Gasteiger partial charge in [0.25, 0.3) is 0 Å². The molecule has 2 heterocycles. The number of carbonyl (C=O) groups excluding carboxylic acids is 1. The number of hydrogen-bond acceptors (Lipinski definition) is 4. The third-order valence-electron chi connectivity index (χ3n) is 3.04. The van der Waals surface area contributed by atoms with E-state index in [4.69, 9.17) is 9.47 Å². The van der Waals surface area contributed by atoms with E-state index >= 15 is 0 Å². The molecule has 2 fully saturated rings. The zero-order valence-corrected chi connectivity index (χ0v) is 8.92. The first-order valence-electron chi connectivity index (χ1n) is 5.30. The van der Waals surface area contributed by atoms with Gasteiger partial charge in [0.1, 0.15) is 18.3 Å². The average molecular weight is 212 g/mol.